The molecule has 230 valence electrons. The molecule has 0 saturated carbocycles. The molecule has 4 atom stereocenters. The van der Waals surface area contributed by atoms with Gasteiger partial charge >= 0.3 is 0 Å². The van der Waals surface area contributed by atoms with Crippen molar-refractivity contribution < 1.29 is 22.8 Å². The average Bonchev–Trinajstić information content (AvgIpc) is 3.11. The molecule has 1 aliphatic rings. The van der Waals surface area contributed by atoms with E-state index in [0.717, 1.165) is 0 Å². The number of carbonyl (C=O) groups excluding carboxylic acids is 1. The summed E-state index contributed by atoms with van der Waals surface area (Å²) >= 11 is 0. The van der Waals surface area contributed by atoms with Crippen LogP contribution in [-0.4, -0.2) is 67.8 Å². The van der Waals surface area contributed by atoms with Crippen molar-refractivity contribution in [3.8, 4) is 0 Å². The zero-order valence-electron chi connectivity index (χ0n) is 28.2. The van der Waals surface area contributed by atoms with E-state index in [1.165, 1.54) is 0 Å². The first-order valence-corrected chi connectivity index (χ1v) is 23.4. The Bertz CT molecular complexity index is 1030. The standard InChI is InChI=1S/C30H58N2O5Si3/c1-28(2,3)38(11,12)34-20-23-25(36-39(13,14)29(4,5)6)26(37-40(15,16)30(7,8)9)24(35-23)21-18-17-19-22(32-21)27(33)31-10/h17-19,23-26H,20H2,1-16H3,(H,31,33)/t23-,24+,25-,26+/m1/s1. The van der Waals surface area contributed by atoms with Crippen LogP contribution in [0.1, 0.15) is 84.6 Å². The van der Waals surface area contributed by atoms with Gasteiger partial charge in [-0.15, -0.1) is 0 Å². The highest BCUT2D eigenvalue weighted by Gasteiger charge is 2.55. The van der Waals surface area contributed by atoms with Gasteiger partial charge in [-0.3, -0.25) is 4.79 Å². The van der Waals surface area contributed by atoms with E-state index in [0.29, 0.717) is 18.0 Å². The summed E-state index contributed by atoms with van der Waals surface area (Å²) in [7, 11) is -4.91. The molecule has 10 heteroatoms. The molecule has 1 fully saturated rings. The number of hydrogen-bond acceptors (Lipinski definition) is 6. The highest BCUT2D eigenvalue weighted by Crippen LogP contribution is 2.47. The van der Waals surface area contributed by atoms with Crippen LogP contribution in [0, 0.1) is 0 Å². The summed E-state index contributed by atoms with van der Waals surface area (Å²) < 4.78 is 28.0. The average molecular weight is 611 g/mol. The first kappa shape index (κ1) is 35.3. The smallest absolute Gasteiger partial charge is 0.269 e. The normalized spacial score (nSPS) is 23.4. The summed E-state index contributed by atoms with van der Waals surface area (Å²) in [6, 6.07) is 5.52. The molecule has 40 heavy (non-hydrogen) atoms. The Kier molecular flexibility index (Phi) is 10.6. The van der Waals surface area contributed by atoms with E-state index < -0.39 is 31.1 Å². The van der Waals surface area contributed by atoms with Crippen LogP contribution >= 0.6 is 0 Å². The number of nitrogens with zero attached hydrogens (tertiary/aromatic N) is 1. The predicted molar refractivity (Wildman–Crippen MR) is 173 cm³/mol. The van der Waals surface area contributed by atoms with Crippen LogP contribution in [0.3, 0.4) is 0 Å². The van der Waals surface area contributed by atoms with Gasteiger partial charge in [0.2, 0.25) is 0 Å². The quantitative estimate of drug-likeness (QED) is 0.289. The predicted octanol–water partition coefficient (Wildman–Crippen LogP) is 7.68. The second-order valence-corrected chi connectivity index (χ2v) is 30.2. The van der Waals surface area contributed by atoms with Gasteiger partial charge in [0, 0.05) is 7.05 Å². The fourth-order valence-corrected chi connectivity index (χ4v) is 7.40. The Morgan fingerprint density at radius 3 is 1.75 bits per heavy atom. The number of nitrogens with one attached hydrogen (secondary N) is 1. The number of ether oxygens (including phenoxy) is 1. The van der Waals surface area contributed by atoms with Crippen molar-refractivity contribution in [3.63, 3.8) is 0 Å². The second kappa shape index (κ2) is 12.0. The van der Waals surface area contributed by atoms with Crippen molar-refractivity contribution in [2.75, 3.05) is 13.7 Å². The van der Waals surface area contributed by atoms with Crippen molar-refractivity contribution in [2.24, 2.45) is 0 Å². The summed E-state index contributed by atoms with van der Waals surface area (Å²) in [4.78, 5) is 17.2. The lowest BCUT2D eigenvalue weighted by atomic mass is 10.1. The minimum absolute atomic E-state index is 0.00776. The van der Waals surface area contributed by atoms with Gasteiger partial charge < -0.3 is 23.3 Å². The fourth-order valence-electron chi connectivity index (χ4n) is 3.78. The lowest BCUT2D eigenvalue weighted by molar-refractivity contribution is -0.0186. The maximum absolute atomic E-state index is 12.5. The Labute approximate surface area is 247 Å². The molecule has 0 unspecified atom stereocenters. The van der Waals surface area contributed by atoms with Crippen molar-refractivity contribution in [1.82, 2.24) is 10.3 Å². The van der Waals surface area contributed by atoms with Gasteiger partial charge in [0.25, 0.3) is 5.91 Å². The number of rotatable bonds is 9. The Hall–Kier alpha value is -0.889. The highest BCUT2D eigenvalue weighted by atomic mass is 28.4. The SMILES string of the molecule is CNC(=O)c1cccc([C@@H]2O[C@H](CO[Si](C)(C)C(C)(C)C)[C@@H](O[Si](C)(C)C(C)(C)C)[C@H]2O[Si](C)(C)C(C)(C)C)n1. The van der Waals surface area contributed by atoms with Gasteiger partial charge in [-0.1, -0.05) is 68.4 Å². The van der Waals surface area contributed by atoms with E-state index >= 15 is 0 Å². The molecule has 2 rings (SSSR count). The molecule has 1 N–H and O–H groups in total. The van der Waals surface area contributed by atoms with E-state index in [4.69, 9.17) is 23.0 Å². The van der Waals surface area contributed by atoms with Crippen molar-refractivity contribution >= 4 is 30.9 Å². The van der Waals surface area contributed by atoms with Crippen molar-refractivity contribution in [1.29, 1.82) is 0 Å². The number of amides is 1. The summed E-state index contributed by atoms with van der Waals surface area (Å²) in [6.45, 7) is 34.3. The van der Waals surface area contributed by atoms with Crippen molar-refractivity contribution in [3.05, 3.63) is 29.6 Å². The van der Waals surface area contributed by atoms with E-state index in [1.807, 2.05) is 12.1 Å². The third-order valence-electron chi connectivity index (χ3n) is 9.72. The minimum Gasteiger partial charge on any atom is -0.414 e. The molecule has 2 heterocycles. The number of aromatic nitrogens is 1. The lowest BCUT2D eigenvalue weighted by Gasteiger charge is -2.44. The Morgan fingerprint density at radius 1 is 0.825 bits per heavy atom. The number of pyridine rings is 1. The van der Waals surface area contributed by atoms with Crippen LogP contribution in [0.5, 0.6) is 0 Å². The molecule has 0 bridgehead atoms. The largest absolute Gasteiger partial charge is 0.414 e. The van der Waals surface area contributed by atoms with Crippen molar-refractivity contribution in [2.45, 2.75) is 141 Å². The molecule has 0 aliphatic carbocycles. The zero-order chi connectivity index (χ0) is 31.1. The van der Waals surface area contributed by atoms with Crippen LogP contribution in [0.2, 0.25) is 54.4 Å². The Morgan fingerprint density at radius 2 is 1.30 bits per heavy atom. The van der Waals surface area contributed by atoms with E-state index in [1.54, 1.807) is 13.1 Å². The van der Waals surface area contributed by atoms with Gasteiger partial charge in [-0.25, -0.2) is 4.98 Å². The molecule has 0 aromatic carbocycles. The maximum Gasteiger partial charge on any atom is 0.269 e. The molecule has 1 saturated heterocycles. The monoisotopic (exact) mass is 610 g/mol. The first-order valence-electron chi connectivity index (χ1n) is 14.7. The molecular weight excluding hydrogens is 553 g/mol. The second-order valence-electron chi connectivity index (χ2n) is 15.9. The minimum atomic E-state index is -2.25. The maximum atomic E-state index is 12.5. The lowest BCUT2D eigenvalue weighted by Crippen LogP contribution is -2.54. The van der Waals surface area contributed by atoms with Gasteiger partial charge in [0.05, 0.1) is 12.3 Å². The zero-order valence-corrected chi connectivity index (χ0v) is 31.2. The van der Waals surface area contributed by atoms with E-state index in [2.05, 4.69) is 107 Å². The molecule has 1 aromatic rings. The number of carbonyl (C=O) groups is 1. The highest BCUT2D eigenvalue weighted by molar-refractivity contribution is 6.75. The molecule has 0 radical (unpaired) electrons. The summed E-state index contributed by atoms with van der Waals surface area (Å²) in [5, 5.41) is 2.76. The summed E-state index contributed by atoms with van der Waals surface area (Å²) in [5.41, 5.74) is 1.04. The summed E-state index contributed by atoms with van der Waals surface area (Å²) in [5.74, 6) is -0.228. The third kappa shape index (κ3) is 7.93. The van der Waals surface area contributed by atoms with Crippen LogP contribution in [0.25, 0.3) is 0 Å². The van der Waals surface area contributed by atoms with Gasteiger partial charge in [-0.05, 0) is 66.5 Å². The molecule has 1 aliphatic heterocycles. The molecular formula is C30H58N2O5Si3. The fraction of sp³-hybridized carbons (Fsp3) is 0.800. The van der Waals surface area contributed by atoms with Crippen LogP contribution < -0.4 is 5.32 Å². The molecule has 7 nitrogen and oxygen atoms in total. The van der Waals surface area contributed by atoms with Gasteiger partial charge in [0.15, 0.2) is 25.0 Å². The topological polar surface area (TPSA) is 78.9 Å². The molecule has 0 spiro atoms. The van der Waals surface area contributed by atoms with Gasteiger partial charge in [-0.2, -0.15) is 0 Å². The van der Waals surface area contributed by atoms with Crippen LogP contribution in [0.15, 0.2) is 18.2 Å². The number of hydrogen-bond donors (Lipinski definition) is 1. The van der Waals surface area contributed by atoms with Gasteiger partial charge in [0.1, 0.15) is 30.1 Å². The summed E-state index contributed by atoms with van der Waals surface area (Å²) in [6.07, 6.45) is -1.51. The molecule has 1 amide bonds. The third-order valence-corrected chi connectivity index (χ3v) is 23.2. The first-order chi connectivity index (χ1) is 17.8. The molecule has 1 aromatic heterocycles. The van der Waals surface area contributed by atoms with Crippen LogP contribution in [-0.2, 0) is 18.0 Å². The van der Waals surface area contributed by atoms with E-state index in [-0.39, 0.29) is 39.3 Å². The Balaban J connectivity index is 2.66. The van der Waals surface area contributed by atoms with Crippen LogP contribution in [0.4, 0.5) is 0 Å². The van der Waals surface area contributed by atoms with E-state index in [9.17, 15) is 4.79 Å².